The van der Waals surface area contributed by atoms with Gasteiger partial charge < -0.3 is 0 Å². The molecule has 0 spiro atoms. The molecule has 18 heavy (non-hydrogen) atoms. The zero-order valence-corrected chi connectivity index (χ0v) is 11.9. The second-order valence-electron chi connectivity index (χ2n) is 5.17. The average molecular weight is 263 g/mol. The summed E-state index contributed by atoms with van der Waals surface area (Å²) >= 11 is 0. The molecule has 2 rings (SSSR count). The van der Waals surface area contributed by atoms with Crippen LogP contribution in [-0.2, 0) is 9.26 Å². The summed E-state index contributed by atoms with van der Waals surface area (Å²) in [5.41, 5.74) is 0.628. The number of hydrogen-bond donors (Lipinski definition) is 0. The Morgan fingerprint density at radius 2 is 2.00 bits per heavy atom. The van der Waals surface area contributed by atoms with E-state index in [2.05, 4.69) is 31.5 Å². The second-order valence-corrected chi connectivity index (χ2v) is 10.7. The van der Waals surface area contributed by atoms with Crippen LogP contribution in [0.1, 0.15) is 6.92 Å². The normalized spacial score (nSPS) is 22.4. The number of nitrogens with zero attached hydrogens (tertiary/aromatic N) is 1. The van der Waals surface area contributed by atoms with Crippen LogP contribution in [0.2, 0.25) is 0 Å². The Morgan fingerprint density at radius 3 is 2.56 bits per heavy atom. The fraction of sp³-hybridized carbons (Fsp3) is 0.357. The van der Waals surface area contributed by atoms with Crippen LogP contribution < -0.4 is 5.30 Å². The number of hydrogen-bond acceptors (Lipinski definition) is 3. The molecule has 0 saturated heterocycles. The molecule has 0 N–H and O–H groups in total. The minimum absolute atomic E-state index is 0.423. The van der Waals surface area contributed by atoms with Crippen molar-refractivity contribution >= 4 is 12.1 Å². The number of benzene rings is 1. The van der Waals surface area contributed by atoms with Crippen molar-refractivity contribution in [2.45, 2.75) is 6.92 Å². The third-order valence-electron chi connectivity index (χ3n) is 3.21. The standard InChI is InChI=1S/C14H18NO2P/c1-4-16-14-12(10-15)11-18(2,3,17-14)13-8-6-5-7-9-13/h5-9H,4,11H2,1-3H3. The molecule has 1 aliphatic heterocycles. The van der Waals surface area contributed by atoms with Crippen molar-refractivity contribution < 1.29 is 9.26 Å². The Kier molecular flexibility index (Phi) is 3.09. The molecule has 96 valence electrons. The number of nitriles is 1. The predicted octanol–water partition coefficient (Wildman–Crippen LogP) is 2.84. The van der Waals surface area contributed by atoms with Gasteiger partial charge in [0.05, 0.1) is 0 Å². The minimum atomic E-state index is -2.55. The molecule has 3 nitrogen and oxygen atoms in total. The van der Waals surface area contributed by atoms with Crippen LogP contribution in [0.15, 0.2) is 41.9 Å². The topological polar surface area (TPSA) is 42.2 Å². The molecular weight excluding hydrogens is 245 g/mol. The SMILES string of the molecule is CCOC1=C(C#N)CP(C)(C)(c2ccccc2)O1. The molecule has 0 bridgehead atoms. The van der Waals surface area contributed by atoms with E-state index in [0.717, 1.165) is 0 Å². The average Bonchev–Trinajstić information content (AvgIpc) is 2.64. The third-order valence-corrected chi connectivity index (χ3v) is 7.11. The van der Waals surface area contributed by atoms with E-state index < -0.39 is 6.83 Å². The van der Waals surface area contributed by atoms with E-state index in [1.54, 1.807) is 0 Å². The van der Waals surface area contributed by atoms with Crippen molar-refractivity contribution in [3.05, 3.63) is 41.9 Å². The zero-order chi connectivity index (χ0) is 13.3. The molecule has 0 unspecified atom stereocenters. The van der Waals surface area contributed by atoms with Gasteiger partial charge in [0.2, 0.25) is 0 Å². The number of rotatable bonds is 3. The first kappa shape index (κ1) is 12.9. The van der Waals surface area contributed by atoms with Crippen LogP contribution in [0.4, 0.5) is 0 Å². The van der Waals surface area contributed by atoms with Crippen molar-refractivity contribution in [2.24, 2.45) is 0 Å². The maximum absolute atomic E-state index is 9.21. The van der Waals surface area contributed by atoms with Gasteiger partial charge in [-0.1, -0.05) is 0 Å². The van der Waals surface area contributed by atoms with E-state index in [-0.39, 0.29) is 0 Å². The maximum atomic E-state index is 9.21. The van der Waals surface area contributed by atoms with Crippen molar-refractivity contribution in [3.63, 3.8) is 0 Å². The summed E-state index contributed by atoms with van der Waals surface area (Å²) in [4.78, 5) is 0. The van der Waals surface area contributed by atoms with Crippen LogP contribution in [-0.4, -0.2) is 26.1 Å². The summed E-state index contributed by atoms with van der Waals surface area (Å²) in [5.74, 6) is 0.423. The molecule has 0 aliphatic carbocycles. The Balaban J connectivity index is 2.40. The summed E-state index contributed by atoms with van der Waals surface area (Å²) in [6.07, 6.45) is 0.654. The molecular formula is C14H18NO2P. The van der Waals surface area contributed by atoms with Crippen molar-refractivity contribution in [2.75, 3.05) is 26.1 Å². The van der Waals surface area contributed by atoms with Gasteiger partial charge in [-0.25, -0.2) is 0 Å². The quantitative estimate of drug-likeness (QED) is 0.787. The zero-order valence-electron chi connectivity index (χ0n) is 11.0. The van der Waals surface area contributed by atoms with Gasteiger partial charge in [-0.05, 0) is 0 Å². The number of ether oxygens (including phenoxy) is 1. The van der Waals surface area contributed by atoms with Gasteiger partial charge in [0.25, 0.3) is 0 Å². The van der Waals surface area contributed by atoms with Crippen LogP contribution in [0, 0.1) is 11.3 Å². The molecule has 1 aromatic carbocycles. The first-order valence-corrected chi connectivity index (χ1v) is 9.24. The Bertz CT molecular complexity index is 528. The van der Waals surface area contributed by atoms with E-state index in [9.17, 15) is 5.26 Å². The third kappa shape index (κ3) is 2.09. The van der Waals surface area contributed by atoms with Crippen LogP contribution in [0.3, 0.4) is 0 Å². The van der Waals surface area contributed by atoms with Gasteiger partial charge in [0.1, 0.15) is 0 Å². The molecule has 0 atom stereocenters. The molecule has 0 radical (unpaired) electrons. The summed E-state index contributed by atoms with van der Waals surface area (Å²) < 4.78 is 11.6. The van der Waals surface area contributed by atoms with Gasteiger partial charge >= 0.3 is 108 Å². The molecule has 0 amide bonds. The van der Waals surface area contributed by atoms with Gasteiger partial charge in [-0.15, -0.1) is 0 Å². The Labute approximate surface area is 108 Å². The summed E-state index contributed by atoms with van der Waals surface area (Å²) in [6, 6.07) is 12.3. The summed E-state index contributed by atoms with van der Waals surface area (Å²) in [6.45, 7) is 4.12. The molecule has 4 heteroatoms. The molecule has 0 saturated carbocycles. The van der Waals surface area contributed by atoms with Gasteiger partial charge in [-0.2, -0.15) is 0 Å². The van der Waals surface area contributed by atoms with Crippen molar-refractivity contribution in [1.82, 2.24) is 0 Å². The van der Waals surface area contributed by atoms with Gasteiger partial charge in [-0.3, -0.25) is 0 Å². The van der Waals surface area contributed by atoms with Gasteiger partial charge in [0.15, 0.2) is 0 Å². The monoisotopic (exact) mass is 263 g/mol. The van der Waals surface area contributed by atoms with Crippen LogP contribution in [0.25, 0.3) is 0 Å². The van der Waals surface area contributed by atoms with E-state index >= 15 is 0 Å². The summed E-state index contributed by atoms with van der Waals surface area (Å²) in [5, 5.41) is 10.4. The first-order valence-electron chi connectivity index (χ1n) is 6.01. The fourth-order valence-electron chi connectivity index (χ4n) is 2.24. The second kappa shape index (κ2) is 4.30. The molecule has 1 aliphatic rings. The Hall–Kier alpha value is -1.52. The first-order chi connectivity index (χ1) is 8.48. The van der Waals surface area contributed by atoms with Gasteiger partial charge in [0, 0.05) is 0 Å². The van der Waals surface area contributed by atoms with E-state index in [1.165, 1.54) is 5.30 Å². The summed E-state index contributed by atoms with van der Waals surface area (Å²) in [7, 11) is 0. The van der Waals surface area contributed by atoms with Crippen molar-refractivity contribution in [1.29, 1.82) is 5.26 Å². The molecule has 1 aromatic rings. The molecule has 1 heterocycles. The van der Waals surface area contributed by atoms with Crippen LogP contribution in [0.5, 0.6) is 0 Å². The van der Waals surface area contributed by atoms with Crippen LogP contribution >= 0.6 is 6.83 Å². The molecule has 0 fully saturated rings. The Morgan fingerprint density at radius 1 is 1.33 bits per heavy atom. The fourth-order valence-corrected chi connectivity index (χ4v) is 5.51. The van der Waals surface area contributed by atoms with Crippen molar-refractivity contribution in [3.8, 4) is 6.07 Å². The molecule has 0 aromatic heterocycles. The van der Waals surface area contributed by atoms with E-state index in [4.69, 9.17) is 9.26 Å². The van der Waals surface area contributed by atoms with E-state index in [1.807, 2.05) is 25.1 Å². The van der Waals surface area contributed by atoms with E-state index in [0.29, 0.717) is 24.3 Å². The predicted molar refractivity (Wildman–Crippen MR) is 75.1 cm³/mol. The number of allylic oxidation sites excluding steroid dienone is 1.